The van der Waals surface area contributed by atoms with Gasteiger partial charge in [0.2, 0.25) is 11.8 Å². The monoisotopic (exact) mass is 339 g/mol. The molecule has 0 aliphatic carbocycles. The number of hydrogen-bond acceptors (Lipinski definition) is 3. The average Bonchev–Trinajstić information content (AvgIpc) is 2.53. The van der Waals surface area contributed by atoms with Crippen molar-refractivity contribution in [3.8, 4) is 0 Å². The molecule has 0 aromatic heterocycles. The van der Waals surface area contributed by atoms with Gasteiger partial charge in [0.15, 0.2) is 0 Å². The van der Waals surface area contributed by atoms with E-state index in [4.69, 9.17) is 5.73 Å². The lowest BCUT2D eigenvalue weighted by Crippen LogP contribution is -2.48. The molecule has 3 N–H and O–H groups in total. The molecule has 1 aliphatic rings. The van der Waals surface area contributed by atoms with Crippen LogP contribution in [0, 0.1) is 5.92 Å². The maximum atomic E-state index is 12.4. The quantitative estimate of drug-likeness (QED) is 0.850. The van der Waals surface area contributed by atoms with Gasteiger partial charge in [0.05, 0.1) is 6.04 Å². The zero-order chi connectivity index (χ0) is 15.9. The Labute approximate surface area is 144 Å². The molecule has 1 heterocycles. The zero-order valence-electron chi connectivity index (χ0n) is 13.5. The van der Waals surface area contributed by atoms with Crippen molar-refractivity contribution in [1.29, 1.82) is 0 Å². The first-order valence-corrected chi connectivity index (χ1v) is 7.89. The van der Waals surface area contributed by atoms with Crippen LogP contribution in [0.15, 0.2) is 30.3 Å². The molecule has 1 saturated heterocycles. The summed E-state index contributed by atoms with van der Waals surface area (Å²) in [5, 5.41) is 2.85. The van der Waals surface area contributed by atoms with Crippen molar-refractivity contribution >= 4 is 24.2 Å². The van der Waals surface area contributed by atoms with Crippen molar-refractivity contribution in [1.82, 2.24) is 10.2 Å². The summed E-state index contributed by atoms with van der Waals surface area (Å²) in [6.07, 6.45) is 2.42. The molecular weight excluding hydrogens is 314 g/mol. The van der Waals surface area contributed by atoms with Crippen LogP contribution in [0.4, 0.5) is 0 Å². The van der Waals surface area contributed by atoms with Gasteiger partial charge in [-0.05, 0) is 30.7 Å². The Morgan fingerprint density at radius 3 is 2.43 bits per heavy atom. The zero-order valence-corrected chi connectivity index (χ0v) is 14.3. The molecule has 1 aliphatic heterocycles. The highest BCUT2D eigenvalue weighted by atomic mass is 35.5. The average molecular weight is 340 g/mol. The number of likely N-dealkylation sites (tertiary alicyclic amines) is 1. The van der Waals surface area contributed by atoms with E-state index in [1.54, 1.807) is 0 Å². The molecule has 2 rings (SSSR count). The predicted molar refractivity (Wildman–Crippen MR) is 93.4 cm³/mol. The lowest BCUT2D eigenvalue weighted by atomic mass is 9.95. The van der Waals surface area contributed by atoms with Gasteiger partial charge in [0, 0.05) is 26.6 Å². The van der Waals surface area contributed by atoms with Crippen molar-refractivity contribution in [2.24, 2.45) is 11.7 Å². The lowest BCUT2D eigenvalue weighted by Gasteiger charge is -2.33. The van der Waals surface area contributed by atoms with Gasteiger partial charge in [0.1, 0.15) is 0 Å². The normalized spacial score (nSPS) is 16.3. The number of amides is 2. The smallest absolute Gasteiger partial charge is 0.239 e. The third-order valence-electron chi connectivity index (χ3n) is 4.18. The summed E-state index contributed by atoms with van der Waals surface area (Å²) < 4.78 is 0. The Hall–Kier alpha value is -1.59. The molecule has 1 aromatic carbocycles. The number of carbonyl (C=O) groups excluding carboxylic acids is 2. The fourth-order valence-electron chi connectivity index (χ4n) is 2.84. The van der Waals surface area contributed by atoms with Crippen LogP contribution in [0.25, 0.3) is 0 Å². The third kappa shape index (κ3) is 6.20. The second-order valence-corrected chi connectivity index (χ2v) is 6.00. The number of halogens is 1. The molecule has 0 radical (unpaired) electrons. The standard InChI is InChI=1S/C17H25N3O2.ClH/c1-13(21)19-12-15-7-9-20(10-8-15)17(22)16(18)11-14-5-3-2-4-6-14;/h2-6,15-16H,7-12,18H2,1H3,(H,19,21);1H/t16-;/m0./s1. The molecular formula is C17H26ClN3O2. The molecule has 1 fully saturated rings. The van der Waals surface area contributed by atoms with E-state index in [9.17, 15) is 9.59 Å². The maximum Gasteiger partial charge on any atom is 0.239 e. The summed E-state index contributed by atoms with van der Waals surface area (Å²) in [6.45, 7) is 3.69. The first kappa shape index (κ1) is 19.5. The van der Waals surface area contributed by atoms with Gasteiger partial charge in [-0.25, -0.2) is 0 Å². The molecule has 1 atom stereocenters. The van der Waals surface area contributed by atoms with E-state index in [0.717, 1.165) is 31.5 Å². The van der Waals surface area contributed by atoms with E-state index in [2.05, 4.69) is 5.32 Å². The molecule has 0 saturated carbocycles. The molecule has 23 heavy (non-hydrogen) atoms. The summed E-state index contributed by atoms with van der Waals surface area (Å²) in [5.41, 5.74) is 7.15. The van der Waals surface area contributed by atoms with Crippen molar-refractivity contribution in [3.05, 3.63) is 35.9 Å². The minimum absolute atomic E-state index is 0. The van der Waals surface area contributed by atoms with Gasteiger partial charge in [0.25, 0.3) is 0 Å². The highest BCUT2D eigenvalue weighted by Gasteiger charge is 2.26. The largest absolute Gasteiger partial charge is 0.356 e. The molecule has 1 aromatic rings. The Kier molecular flexibility index (Phi) is 8.06. The highest BCUT2D eigenvalue weighted by Crippen LogP contribution is 2.17. The lowest BCUT2D eigenvalue weighted by molar-refractivity contribution is -0.134. The SMILES string of the molecule is CC(=O)NCC1CCN(C(=O)[C@@H](N)Cc2ccccc2)CC1.Cl. The number of hydrogen-bond donors (Lipinski definition) is 2. The number of benzene rings is 1. The van der Waals surface area contributed by atoms with Crippen LogP contribution in [0.5, 0.6) is 0 Å². The number of rotatable bonds is 5. The van der Waals surface area contributed by atoms with Gasteiger partial charge in [-0.3, -0.25) is 9.59 Å². The summed E-state index contributed by atoms with van der Waals surface area (Å²) in [6, 6.07) is 9.38. The topological polar surface area (TPSA) is 75.4 Å². The number of nitrogens with two attached hydrogens (primary N) is 1. The first-order valence-electron chi connectivity index (χ1n) is 7.89. The van der Waals surface area contributed by atoms with E-state index in [-0.39, 0.29) is 24.2 Å². The second-order valence-electron chi connectivity index (χ2n) is 6.00. The number of nitrogens with one attached hydrogen (secondary N) is 1. The number of carbonyl (C=O) groups is 2. The van der Waals surface area contributed by atoms with Crippen LogP contribution in [0.1, 0.15) is 25.3 Å². The molecule has 128 valence electrons. The van der Waals surface area contributed by atoms with Crippen LogP contribution in [-0.2, 0) is 16.0 Å². The molecule has 6 heteroatoms. The Morgan fingerprint density at radius 1 is 1.26 bits per heavy atom. The molecule has 0 spiro atoms. The summed E-state index contributed by atoms with van der Waals surface area (Å²) in [4.78, 5) is 25.2. The molecule has 0 unspecified atom stereocenters. The van der Waals surface area contributed by atoms with Crippen LogP contribution >= 0.6 is 12.4 Å². The molecule has 0 bridgehead atoms. The van der Waals surface area contributed by atoms with E-state index in [1.807, 2.05) is 35.2 Å². The van der Waals surface area contributed by atoms with Gasteiger partial charge in [-0.1, -0.05) is 30.3 Å². The highest BCUT2D eigenvalue weighted by molar-refractivity contribution is 5.85. The van der Waals surface area contributed by atoms with Crippen molar-refractivity contribution in [2.45, 2.75) is 32.2 Å². The van der Waals surface area contributed by atoms with E-state index >= 15 is 0 Å². The summed E-state index contributed by atoms with van der Waals surface area (Å²) in [5.74, 6) is 0.489. The maximum absolute atomic E-state index is 12.4. The fourth-order valence-corrected chi connectivity index (χ4v) is 2.84. The number of piperidine rings is 1. The Bertz CT molecular complexity index is 502. The summed E-state index contributed by atoms with van der Waals surface area (Å²) in [7, 11) is 0. The van der Waals surface area contributed by atoms with Gasteiger partial charge >= 0.3 is 0 Å². The van der Waals surface area contributed by atoms with Crippen LogP contribution in [-0.4, -0.2) is 42.4 Å². The van der Waals surface area contributed by atoms with Gasteiger partial charge < -0.3 is 16.0 Å². The van der Waals surface area contributed by atoms with Crippen molar-refractivity contribution in [3.63, 3.8) is 0 Å². The molecule has 5 nitrogen and oxygen atoms in total. The van der Waals surface area contributed by atoms with Crippen LogP contribution < -0.4 is 11.1 Å². The number of nitrogens with zero attached hydrogens (tertiary/aromatic N) is 1. The minimum Gasteiger partial charge on any atom is -0.356 e. The van der Waals surface area contributed by atoms with Crippen LogP contribution in [0.2, 0.25) is 0 Å². The van der Waals surface area contributed by atoms with Crippen molar-refractivity contribution < 1.29 is 9.59 Å². The summed E-state index contributed by atoms with van der Waals surface area (Å²) >= 11 is 0. The Balaban J connectivity index is 0.00000264. The van der Waals surface area contributed by atoms with E-state index < -0.39 is 6.04 Å². The van der Waals surface area contributed by atoms with Crippen LogP contribution in [0.3, 0.4) is 0 Å². The van der Waals surface area contributed by atoms with Crippen molar-refractivity contribution in [2.75, 3.05) is 19.6 Å². The third-order valence-corrected chi connectivity index (χ3v) is 4.18. The molecule has 2 amide bonds. The fraction of sp³-hybridized carbons (Fsp3) is 0.529. The predicted octanol–water partition coefficient (Wildman–Crippen LogP) is 1.35. The second kappa shape index (κ2) is 9.53. The minimum atomic E-state index is -0.478. The first-order chi connectivity index (χ1) is 10.6. The Morgan fingerprint density at radius 2 is 1.87 bits per heavy atom. The van der Waals surface area contributed by atoms with E-state index in [1.165, 1.54) is 6.92 Å². The van der Waals surface area contributed by atoms with Gasteiger partial charge in [-0.2, -0.15) is 0 Å². The van der Waals surface area contributed by atoms with E-state index in [0.29, 0.717) is 18.9 Å². The van der Waals surface area contributed by atoms with Gasteiger partial charge in [-0.15, -0.1) is 12.4 Å².